The van der Waals surface area contributed by atoms with Crippen LogP contribution in [-0.2, 0) is 16.1 Å². The first-order chi connectivity index (χ1) is 10.3. The van der Waals surface area contributed by atoms with Crippen LogP contribution in [-0.4, -0.2) is 32.0 Å². The average molecular weight is 293 g/mol. The van der Waals surface area contributed by atoms with Crippen molar-refractivity contribution in [2.75, 3.05) is 20.0 Å². The van der Waals surface area contributed by atoms with E-state index in [0.717, 1.165) is 5.56 Å². The average Bonchev–Trinajstić information content (AvgIpc) is 3.19. The lowest BCUT2D eigenvalue weighted by Crippen LogP contribution is -2.18. The molecule has 0 saturated heterocycles. The maximum atomic E-state index is 11.4. The van der Waals surface area contributed by atoms with Gasteiger partial charge in [-0.15, -0.1) is 0 Å². The minimum Gasteiger partial charge on any atom is -0.481 e. The van der Waals surface area contributed by atoms with Crippen molar-refractivity contribution in [2.24, 2.45) is 0 Å². The maximum absolute atomic E-state index is 11.4. The number of fused-ring (bicyclic) bond motifs is 1. The highest BCUT2D eigenvalue weighted by Gasteiger charge is 2.23. The molecule has 1 aromatic rings. The second kappa shape index (κ2) is 6.22. The van der Waals surface area contributed by atoms with Crippen LogP contribution in [0.5, 0.6) is 17.2 Å². The first-order valence-corrected chi connectivity index (χ1v) is 7.20. The third kappa shape index (κ3) is 3.58. The molecule has 0 unspecified atom stereocenters. The highest BCUT2D eigenvalue weighted by Crippen LogP contribution is 2.38. The van der Waals surface area contributed by atoms with E-state index < -0.39 is 0 Å². The summed E-state index contributed by atoms with van der Waals surface area (Å²) in [5.74, 6) is 1.60. The molecule has 21 heavy (non-hydrogen) atoms. The van der Waals surface area contributed by atoms with Crippen LogP contribution in [0, 0.1) is 0 Å². The van der Waals surface area contributed by atoms with Gasteiger partial charge in [0.1, 0.15) is 5.75 Å². The Labute approximate surface area is 123 Å². The predicted molar refractivity (Wildman–Crippen MR) is 74.6 cm³/mol. The molecule has 0 radical (unpaired) electrons. The molecule has 6 heteroatoms. The molecule has 6 nitrogen and oxygen atoms in total. The summed E-state index contributed by atoms with van der Waals surface area (Å²) in [6.07, 6.45) is 2.42. The van der Waals surface area contributed by atoms with Crippen molar-refractivity contribution >= 4 is 5.97 Å². The molecule has 1 aliphatic heterocycles. The van der Waals surface area contributed by atoms with Gasteiger partial charge >= 0.3 is 5.97 Å². The Morgan fingerprint density at radius 3 is 2.81 bits per heavy atom. The van der Waals surface area contributed by atoms with Crippen molar-refractivity contribution in [3.63, 3.8) is 0 Å². The maximum Gasteiger partial charge on any atom is 0.344 e. The van der Waals surface area contributed by atoms with Crippen LogP contribution >= 0.6 is 0 Å². The Kier molecular flexibility index (Phi) is 4.15. The second-order valence-corrected chi connectivity index (χ2v) is 5.06. The topological polar surface area (TPSA) is 66.0 Å². The zero-order chi connectivity index (χ0) is 14.7. The van der Waals surface area contributed by atoms with E-state index in [4.69, 9.17) is 18.9 Å². The molecule has 1 saturated carbocycles. The van der Waals surface area contributed by atoms with Crippen molar-refractivity contribution in [1.29, 1.82) is 0 Å². The van der Waals surface area contributed by atoms with Gasteiger partial charge < -0.3 is 24.3 Å². The molecular formula is C15H19NO5. The Hall–Kier alpha value is -1.95. The van der Waals surface area contributed by atoms with Crippen LogP contribution in [0.15, 0.2) is 12.1 Å². The van der Waals surface area contributed by atoms with Gasteiger partial charge in [-0.2, -0.15) is 0 Å². The van der Waals surface area contributed by atoms with Crippen molar-refractivity contribution in [2.45, 2.75) is 32.4 Å². The van der Waals surface area contributed by atoms with Gasteiger partial charge in [0.2, 0.25) is 6.79 Å². The first-order valence-electron chi connectivity index (χ1n) is 7.20. The van der Waals surface area contributed by atoms with E-state index in [0.29, 0.717) is 36.4 Å². The lowest BCUT2D eigenvalue weighted by molar-refractivity contribution is -0.145. The molecule has 0 spiro atoms. The van der Waals surface area contributed by atoms with Gasteiger partial charge in [-0.1, -0.05) is 0 Å². The third-order valence-corrected chi connectivity index (χ3v) is 3.37. The summed E-state index contributed by atoms with van der Waals surface area (Å²) in [4.78, 5) is 11.4. The van der Waals surface area contributed by atoms with Crippen LogP contribution in [0.3, 0.4) is 0 Å². The smallest absolute Gasteiger partial charge is 0.344 e. The molecule has 114 valence electrons. The monoisotopic (exact) mass is 293 g/mol. The van der Waals surface area contributed by atoms with Crippen LogP contribution in [0.2, 0.25) is 0 Å². The summed E-state index contributed by atoms with van der Waals surface area (Å²) in [5, 5.41) is 3.42. The molecule has 1 N–H and O–H groups in total. The molecule has 1 aromatic carbocycles. The van der Waals surface area contributed by atoms with Gasteiger partial charge in [-0.3, -0.25) is 0 Å². The quantitative estimate of drug-likeness (QED) is 0.770. The lowest BCUT2D eigenvalue weighted by atomic mass is 10.1. The first kappa shape index (κ1) is 14.0. The Morgan fingerprint density at radius 2 is 2.10 bits per heavy atom. The van der Waals surface area contributed by atoms with Crippen LogP contribution in [0.25, 0.3) is 0 Å². The summed E-state index contributed by atoms with van der Waals surface area (Å²) in [7, 11) is 0. The molecule has 0 aromatic heterocycles. The largest absolute Gasteiger partial charge is 0.481 e. The van der Waals surface area contributed by atoms with Gasteiger partial charge in [0.05, 0.1) is 6.61 Å². The molecule has 2 aliphatic rings. The molecule has 0 atom stereocenters. The minimum absolute atomic E-state index is 0.107. The number of esters is 1. The van der Waals surface area contributed by atoms with E-state index in [1.807, 2.05) is 6.07 Å². The number of carbonyl (C=O) groups is 1. The fraction of sp³-hybridized carbons (Fsp3) is 0.533. The summed E-state index contributed by atoms with van der Waals surface area (Å²) in [6.45, 7) is 2.90. The van der Waals surface area contributed by atoms with Crippen LogP contribution in [0.1, 0.15) is 25.3 Å². The van der Waals surface area contributed by atoms with Gasteiger partial charge in [0.15, 0.2) is 18.1 Å². The molecule has 3 rings (SSSR count). The number of hydrogen-bond acceptors (Lipinski definition) is 6. The van der Waals surface area contributed by atoms with E-state index in [1.54, 1.807) is 13.0 Å². The van der Waals surface area contributed by atoms with E-state index in [-0.39, 0.29) is 19.4 Å². The van der Waals surface area contributed by atoms with E-state index in [9.17, 15) is 4.79 Å². The fourth-order valence-electron chi connectivity index (χ4n) is 2.12. The third-order valence-electron chi connectivity index (χ3n) is 3.37. The predicted octanol–water partition coefficient (Wildman–Crippen LogP) is 1.61. The van der Waals surface area contributed by atoms with Gasteiger partial charge in [0, 0.05) is 24.2 Å². The summed E-state index contributed by atoms with van der Waals surface area (Å²) in [5.41, 5.74) is 0.954. The fourth-order valence-corrected chi connectivity index (χ4v) is 2.12. The summed E-state index contributed by atoms with van der Waals surface area (Å²) < 4.78 is 21.2. The van der Waals surface area contributed by atoms with E-state index in [1.165, 1.54) is 12.8 Å². The molecule has 1 fully saturated rings. The zero-order valence-corrected chi connectivity index (χ0v) is 12.0. The number of rotatable bonds is 7. The molecule has 1 aliphatic carbocycles. The van der Waals surface area contributed by atoms with Crippen LogP contribution < -0.4 is 19.5 Å². The highest BCUT2D eigenvalue weighted by molar-refractivity contribution is 5.71. The second-order valence-electron chi connectivity index (χ2n) is 5.06. The van der Waals surface area contributed by atoms with Crippen molar-refractivity contribution in [3.05, 3.63) is 17.7 Å². The molecule has 1 heterocycles. The van der Waals surface area contributed by atoms with E-state index in [2.05, 4.69) is 5.32 Å². The SMILES string of the molecule is CCOC(=O)COc1cc2c(cc1CNC1CC1)OCO2. The standard InChI is InChI=1S/C15H19NO5/c1-2-18-15(17)8-19-12-6-14-13(20-9-21-14)5-10(12)7-16-11-3-4-11/h5-6,11,16H,2-4,7-9H2,1H3. The molecular weight excluding hydrogens is 274 g/mol. The Bertz CT molecular complexity index is 527. The number of carbonyl (C=O) groups excluding carboxylic acids is 1. The summed E-state index contributed by atoms with van der Waals surface area (Å²) in [6, 6.07) is 4.26. The number of nitrogens with one attached hydrogen (secondary N) is 1. The number of hydrogen-bond donors (Lipinski definition) is 1. The van der Waals surface area contributed by atoms with Crippen LogP contribution in [0.4, 0.5) is 0 Å². The molecule has 0 amide bonds. The van der Waals surface area contributed by atoms with Crippen molar-refractivity contribution < 1.29 is 23.7 Å². The summed E-state index contributed by atoms with van der Waals surface area (Å²) >= 11 is 0. The molecule has 0 bridgehead atoms. The Morgan fingerprint density at radius 1 is 1.33 bits per heavy atom. The van der Waals surface area contributed by atoms with Gasteiger partial charge in [-0.25, -0.2) is 4.79 Å². The van der Waals surface area contributed by atoms with Crippen molar-refractivity contribution in [1.82, 2.24) is 5.32 Å². The minimum atomic E-state index is -0.378. The highest BCUT2D eigenvalue weighted by atomic mass is 16.7. The Balaban J connectivity index is 1.70. The lowest BCUT2D eigenvalue weighted by Gasteiger charge is -2.13. The van der Waals surface area contributed by atoms with Gasteiger partial charge in [-0.05, 0) is 25.8 Å². The van der Waals surface area contributed by atoms with Gasteiger partial charge in [0.25, 0.3) is 0 Å². The number of ether oxygens (including phenoxy) is 4. The van der Waals surface area contributed by atoms with Crippen molar-refractivity contribution in [3.8, 4) is 17.2 Å². The normalized spacial score (nSPS) is 15.9. The van der Waals surface area contributed by atoms with E-state index >= 15 is 0 Å². The number of benzene rings is 1. The zero-order valence-electron chi connectivity index (χ0n) is 12.0.